The molecule has 0 saturated heterocycles. The standard InChI is InChI=1S/C20H17N5O3/c1-13(28-15-10-6-3-7-11-15)18(27)22-19-23-20-21-16(12-17(26)25(20)24-19)14-8-4-2-5-9-14/h2-13H,1H3,(H2,21,22,23,24,27)/t13-/m1/s1. The summed E-state index contributed by atoms with van der Waals surface area (Å²) in [5.74, 6) is 0.459. The van der Waals surface area contributed by atoms with Crippen LogP contribution in [0.3, 0.4) is 0 Å². The lowest BCUT2D eigenvalue weighted by atomic mass is 10.1. The second kappa shape index (κ2) is 7.36. The number of nitrogens with one attached hydrogen (secondary N) is 2. The number of carbonyl (C=O) groups is 1. The molecule has 8 heteroatoms. The van der Waals surface area contributed by atoms with Gasteiger partial charge >= 0.3 is 0 Å². The van der Waals surface area contributed by atoms with Gasteiger partial charge < -0.3 is 4.74 Å². The lowest BCUT2D eigenvalue weighted by molar-refractivity contribution is -0.122. The first-order valence-electron chi connectivity index (χ1n) is 8.68. The number of amides is 1. The molecule has 28 heavy (non-hydrogen) atoms. The third kappa shape index (κ3) is 3.61. The van der Waals surface area contributed by atoms with Crippen LogP contribution in [0.25, 0.3) is 17.0 Å². The van der Waals surface area contributed by atoms with Gasteiger partial charge in [0.25, 0.3) is 17.2 Å². The van der Waals surface area contributed by atoms with Crippen molar-refractivity contribution in [2.75, 3.05) is 5.32 Å². The SMILES string of the molecule is C[C@@H](Oc1ccccc1)C(=O)Nc1nc2nc(-c3ccccc3)cc(=O)n2[nH]1. The van der Waals surface area contributed by atoms with Crippen molar-refractivity contribution in [3.8, 4) is 17.0 Å². The van der Waals surface area contributed by atoms with Crippen LogP contribution >= 0.6 is 0 Å². The minimum atomic E-state index is -0.750. The second-order valence-electron chi connectivity index (χ2n) is 6.12. The molecule has 0 spiro atoms. The third-order valence-corrected chi connectivity index (χ3v) is 4.07. The van der Waals surface area contributed by atoms with Crippen molar-refractivity contribution in [2.45, 2.75) is 13.0 Å². The zero-order valence-electron chi connectivity index (χ0n) is 15.0. The molecule has 2 N–H and O–H groups in total. The van der Waals surface area contributed by atoms with Gasteiger partial charge in [-0.3, -0.25) is 20.0 Å². The Kier molecular flexibility index (Phi) is 4.59. The number of hydrogen-bond acceptors (Lipinski definition) is 5. The second-order valence-corrected chi connectivity index (χ2v) is 6.12. The van der Waals surface area contributed by atoms with Crippen molar-refractivity contribution >= 4 is 17.6 Å². The molecule has 2 heterocycles. The van der Waals surface area contributed by atoms with Crippen LogP contribution in [0.2, 0.25) is 0 Å². The number of nitrogens with zero attached hydrogens (tertiary/aromatic N) is 3. The summed E-state index contributed by atoms with van der Waals surface area (Å²) in [6, 6.07) is 19.8. The summed E-state index contributed by atoms with van der Waals surface area (Å²) in [6.45, 7) is 1.63. The fourth-order valence-electron chi connectivity index (χ4n) is 2.67. The van der Waals surface area contributed by atoms with Gasteiger partial charge in [-0.15, -0.1) is 0 Å². The first kappa shape index (κ1) is 17.5. The Balaban J connectivity index is 1.55. The Morgan fingerprint density at radius 3 is 2.46 bits per heavy atom. The molecular formula is C20H17N5O3. The summed E-state index contributed by atoms with van der Waals surface area (Å²) < 4.78 is 6.76. The van der Waals surface area contributed by atoms with E-state index in [0.717, 1.165) is 5.56 Å². The summed E-state index contributed by atoms with van der Waals surface area (Å²) in [7, 11) is 0. The number of benzene rings is 2. The maximum Gasteiger partial charge on any atom is 0.274 e. The normalized spacial score (nSPS) is 11.9. The van der Waals surface area contributed by atoms with Crippen LogP contribution < -0.4 is 15.6 Å². The Bertz CT molecular complexity index is 1170. The van der Waals surface area contributed by atoms with Gasteiger partial charge in [0.15, 0.2) is 6.10 Å². The van der Waals surface area contributed by atoms with E-state index in [1.54, 1.807) is 19.1 Å². The van der Waals surface area contributed by atoms with Gasteiger partial charge in [0.05, 0.1) is 5.69 Å². The first-order chi connectivity index (χ1) is 13.6. The van der Waals surface area contributed by atoms with Crippen LogP contribution in [-0.4, -0.2) is 31.6 Å². The van der Waals surface area contributed by atoms with E-state index in [9.17, 15) is 9.59 Å². The molecule has 2 aromatic carbocycles. The van der Waals surface area contributed by atoms with E-state index in [4.69, 9.17) is 4.74 Å². The molecule has 8 nitrogen and oxygen atoms in total. The summed E-state index contributed by atoms with van der Waals surface area (Å²) in [5.41, 5.74) is 0.988. The zero-order valence-corrected chi connectivity index (χ0v) is 15.0. The van der Waals surface area contributed by atoms with Crippen molar-refractivity contribution in [2.24, 2.45) is 0 Å². The van der Waals surface area contributed by atoms with Crippen molar-refractivity contribution in [3.63, 3.8) is 0 Å². The lowest BCUT2D eigenvalue weighted by Gasteiger charge is -2.13. The maximum atomic E-state index is 12.4. The van der Waals surface area contributed by atoms with E-state index in [1.807, 2.05) is 48.5 Å². The van der Waals surface area contributed by atoms with E-state index in [1.165, 1.54) is 10.6 Å². The molecule has 0 fully saturated rings. The van der Waals surface area contributed by atoms with E-state index in [0.29, 0.717) is 11.4 Å². The van der Waals surface area contributed by atoms with Crippen LogP contribution in [0.4, 0.5) is 5.95 Å². The highest BCUT2D eigenvalue weighted by molar-refractivity contribution is 5.92. The number of rotatable bonds is 5. The molecule has 4 aromatic rings. The number of carbonyl (C=O) groups excluding carboxylic acids is 1. The van der Waals surface area contributed by atoms with Crippen LogP contribution in [-0.2, 0) is 4.79 Å². The number of aromatic amines is 1. The monoisotopic (exact) mass is 375 g/mol. The predicted octanol–water partition coefficient (Wildman–Crippen LogP) is 2.49. The highest BCUT2D eigenvalue weighted by Gasteiger charge is 2.17. The quantitative estimate of drug-likeness (QED) is 0.558. The van der Waals surface area contributed by atoms with Crippen molar-refractivity contribution in [1.29, 1.82) is 0 Å². The summed E-state index contributed by atoms with van der Waals surface area (Å²) in [6.07, 6.45) is -0.750. The van der Waals surface area contributed by atoms with Gasteiger partial charge in [-0.2, -0.15) is 9.50 Å². The van der Waals surface area contributed by atoms with E-state index in [2.05, 4.69) is 20.4 Å². The summed E-state index contributed by atoms with van der Waals surface area (Å²) in [5, 5.41) is 5.34. The van der Waals surface area contributed by atoms with Crippen molar-refractivity contribution in [3.05, 3.63) is 77.1 Å². The Morgan fingerprint density at radius 1 is 1.07 bits per heavy atom. The van der Waals surface area contributed by atoms with E-state index in [-0.39, 0.29) is 17.3 Å². The first-order valence-corrected chi connectivity index (χ1v) is 8.68. The fourth-order valence-corrected chi connectivity index (χ4v) is 2.67. The molecular weight excluding hydrogens is 358 g/mol. The average molecular weight is 375 g/mol. The molecule has 0 radical (unpaired) electrons. The smallest absolute Gasteiger partial charge is 0.274 e. The Hall–Kier alpha value is -3.94. The van der Waals surface area contributed by atoms with E-state index < -0.39 is 12.0 Å². The minimum absolute atomic E-state index is 0.114. The summed E-state index contributed by atoms with van der Waals surface area (Å²) in [4.78, 5) is 33.3. The van der Waals surface area contributed by atoms with Gasteiger partial charge in [0, 0.05) is 11.6 Å². The van der Waals surface area contributed by atoms with Gasteiger partial charge in [0.1, 0.15) is 5.75 Å². The highest BCUT2D eigenvalue weighted by Crippen LogP contribution is 2.16. The number of hydrogen-bond donors (Lipinski definition) is 2. The van der Waals surface area contributed by atoms with Crippen LogP contribution in [0.5, 0.6) is 5.75 Å². The number of H-pyrrole nitrogens is 1. The average Bonchev–Trinajstić information content (AvgIpc) is 3.12. The fraction of sp³-hybridized carbons (Fsp3) is 0.100. The molecule has 2 aromatic heterocycles. The summed E-state index contributed by atoms with van der Waals surface area (Å²) >= 11 is 0. The molecule has 0 aliphatic carbocycles. The highest BCUT2D eigenvalue weighted by atomic mass is 16.5. The topological polar surface area (TPSA) is 101 Å². The van der Waals surface area contributed by atoms with Crippen LogP contribution in [0.1, 0.15) is 6.92 Å². The molecule has 1 atom stereocenters. The molecule has 0 saturated carbocycles. The van der Waals surface area contributed by atoms with Gasteiger partial charge in [0.2, 0.25) is 5.95 Å². The molecule has 0 bridgehead atoms. The predicted molar refractivity (Wildman–Crippen MR) is 104 cm³/mol. The number of fused-ring (bicyclic) bond motifs is 1. The number of anilines is 1. The van der Waals surface area contributed by atoms with Gasteiger partial charge in [-0.1, -0.05) is 48.5 Å². The zero-order chi connectivity index (χ0) is 19.5. The molecule has 0 aliphatic rings. The van der Waals surface area contributed by atoms with Crippen LogP contribution in [0.15, 0.2) is 71.5 Å². The largest absolute Gasteiger partial charge is 0.481 e. The molecule has 4 rings (SSSR count). The Labute approximate surface area is 159 Å². The number of ether oxygens (including phenoxy) is 1. The molecule has 0 aliphatic heterocycles. The Morgan fingerprint density at radius 2 is 1.75 bits per heavy atom. The number of para-hydroxylation sites is 1. The number of aromatic nitrogens is 4. The van der Waals surface area contributed by atoms with E-state index >= 15 is 0 Å². The third-order valence-electron chi connectivity index (χ3n) is 4.07. The maximum absolute atomic E-state index is 12.4. The van der Waals surface area contributed by atoms with Gasteiger partial charge in [-0.25, -0.2) is 4.98 Å². The molecule has 0 unspecified atom stereocenters. The van der Waals surface area contributed by atoms with Crippen LogP contribution in [0, 0.1) is 0 Å². The van der Waals surface area contributed by atoms with Crippen molar-refractivity contribution < 1.29 is 9.53 Å². The lowest BCUT2D eigenvalue weighted by Crippen LogP contribution is -2.30. The van der Waals surface area contributed by atoms with Gasteiger partial charge in [-0.05, 0) is 19.1 Å². The van der Waals surface area contributed by atoms with Crippen molar-refractivity contribution in [1.82, 2.24) is 19.6 Å². The molecule has 140 valence electrons. The minimum Gasteiger partial charge on any atom is -0.481 e. The molecule has 1 amide bonds.